The van der Waals surface area contributed by atoms with Crippen LogP contribution in [0.2, 0.25) is 0 Å². The van der Waals surface area contributed by atoms with Gasteiger partial charge in [-0.15, -0.1) is 11.8 Å². The Morgan fingerprint density at radius 1 is 1.20 bits per heavy atom. The fourth-order valence-electron chi connectivity index (χ4n) is 2.08. The van der Waals surface area contributed by atoms with Gasteiger partial charge < -0.3 is 10.2 Å². The van der Waals surface area contributed by atoms with Crippen molar-refractivity contribution in [2.24, 2.45) is 5.92 Å². The second-order valence-electron chi connectivity index (χ2n) is 5.55. The Hall–Kier alpha value is -0.510. The fraction of sp³-hybridized carbons (Fsp3) is 0.647. The third-order valence-electron chi connectivity index (χ3n) is 3.35. The van der Waals surface area contributed by atoms with Crippen LogP contribution in [-0.4, -0.2) is 36.8 Å². The first-order valence-electron chi connectivity index (χ1n) is 7.80. The summed E-state index contributed by atoms with van der Waals surface area (Å²) in [5.41, 5.74) is 1.39. The summed E-state index contributed by atoms with van der Waals surface area (Å²) in [5.74, 6) is 1.88. The molecule has 0 spiro atoms. The van der Waals surface area contributed by atoms with Crippen LogP contribution in [0.1, 0.15) is 33.3 Å². The van der Waals surface area contributed by atoms with Crippen molar-refractivity contribution in [1.82, 2.24) is 10.2 Å². The average Bonchev–Trinajstić information content (AvgIpc) is 2.44. The summed E-state index contributed by atoms with van der Waals surface area (Å²) in [6, 6.07) is 8.92. The molecule has 0 aliphatic heterocycles. The lowest BCUT2D eigenvalue weighted by Crippen LogP contribution is -2.25. The molecule has 114 valence electrons. The molecule has 0 bridgehead atoms. The van der Waals surface area contributed by atoms with E-state index in [4.69, 9.17) is 0 Å². The van der Waals surface area contributed by atoms with E-state index in [0.717, 1.165) is 26.2 Å². The van der Waals surface area contributed by atoms with E-state index in [9.17, 15) is 0 Å². The number of hydrogen-bond acceptors (Lipinski definition) is 3. The summed E-state index contributed by atoms with van der Waals surface area (Å²) < 4.78 is 0. The standard InChI is InChI=1S/C17H30N2S/c1-5-19(6-2)10-11-20-17-9-7-8-16(12-17)14-18-13-15(3)4/h7-9,12,15,18H,5-6,10-11,13-14H2,1-4H3. The van der Waals surface area contributed by atoms with Gasteiger partial charge in [-0.25, -0.2) is 0 Å². The van der Waals surface area contributed by atoms with E-state index in [1.165, 1.54) is 22.8 Å². The first-order chi connectivity index (χ1) is 9.65. The Morgan fingerprint density at radius 3 is 2.60 bits per heavy atom. The summed E-state index contributed by atoms with van der Waals surface area (Å²) in [7, 11) is 0. The maximum Gasteiger partial charge on any atom is 0.0206 e. The molecule has 1 aromatic rings. The second-order valence-corrected chi connectivity index (χ2v) is 6.72. The average molecular weight is 295 g/mol. The van der Waals surface area contributed by atoms with Crippen molar-refractivity contribution in [3.05, 3.63) is 29.8 Å². The lowest BCUT2D eigenvalue weighted by atomic mass is 10.2. The molecule has 0 heterocycles. The van der Waals surface area contributed by atoms with Gasteiger partial charge in [0.2, 0.25) is 0 Å². The zero-order valence-corrected chi connectivity index (χ0v) is 14.3. The first-order valence-corrected chi connectivity index (χ1v) is 8.79. The molecular formula is C17H30N2S. The Balaban J connectivity index is 2.35. The number of nitrogens with zero attached hydrogens (tertiary/aromatic N) is 1. The molecule has 0 radical (unpaired) electrons. The van der Waals surface area contributed by atoms with Crippen molar-refractivity contribution in [2.45, 2.75) is 39.1 Å². The summed E-state index contributed by atoms with van der Waals surface area (Å²) in [6.45, 7) is 14.5. The largest absolute Gasteiger partial charge is 0.312 e. The van der Waals surface area contributed by atoms with E-state index in [1.807, 2.05) is 11.8 Å². The molecule has 20 heavy (non-hydrogen) atoms. The molecule has 1 aromatic carbocycles. The van der Waals surface area contributed by atoms with Crippen LogP contribution >= 0.6 is 11.8 Å². The molecule has 0 fully saturated rings. The van der Waals surface area contributed by atoms with Gasteiger partial charge in [-0.05, 0) is 43.2 Å². The molecule has 0 unspecified atom stereocenters. The van der Waals surface area contributed by atoms with Crippen molar-refractivity contribution in [2.75, 3.05) is 31.9 Å². The van der Waals surface area contributed by atoms with Gasteiger partial charge in [-0.2, -0.15) is 0 Å². The normalized spacial score (nSPS) is 11.5. The van der Waals surface area contributed by atoms with Crippen LogP contribution < -0.4 is 5.32 Å². The zero-order chi connectivity index (χ0) is 14.8. The highest BCUT2D eigenvalue weighted by Crippen LogP contribution is 2.19. The number of thioether (sulfide) groups is 1. The Bertz CT molecular complexity index is 362. The van der Waals surface area contributed by atoms with Gasteiger partial charge in [0.25, 0.3) is 0 Å². The zero-order valence-electron chi connectivity index (χ0n) is 13.5. The molecule has 0 aromatic heterocycles. The number of nitrogens with one attached hydrogen (secondary N) is 1. The highest BCUT2D eigenvalue weighted by Gasteiger charge is 2.01. The molecule has 1 N–H and O–H groups in total. The van der Waals surface area contributed by atoms with E-state index < -0.39 is 0 Å². The fourth-order valence-corrected chi connectivity index (χ4v) is 3.08. The van der Waals surface area contributed by atoms with E-state index in [2.05, 4.69) is 62.2 Å². The smallest absolute Gasteiger partial charge is 0.0206 e. The van der Waals surface area contributed by atoms with Crippen molar-refractivity contribution in [1.29, 1.82) is 0 Å². The van der Waals surface area contributed by atoms with Crippen molar-refractivity contribution in [3.63, 3.8) is 0 Å². The number of hydrogen-bond donors (Lipinski definition) is 1. The van der Waals surface area contributed by atoms with Crippen LogP contribution in [-0.2, 0) is 6.54 Å². The summed E-state index contributed by atoms with van der Waals surface area (Å²) >= 11 is 1.96. The van der Waals surface area contributed by atoms with E-state index in [-0.39, 0.29) is 0 Å². The molecule has 0 saturated heterocycles. The molecule has 0 aliphatic rings. The minimum atomic E-state index is 0.710. The van der Waals surface area contributed by atoms with Crippen LogP contribution in [0.25, 0.3) is 0 Å². The Morgan fingerprint density at radius 2 is 1.95 bits per heavy atom. The minimum Gasteiger partial charge on any atom is -0.312 e. The molecule has 3 heteroatoms. The Labute approximate surface area is 129 Å². The van der Waals surface area contributed by atoms with E-state index in [0.29, 0.717) is 5.92 Å². The van der Waals surface area contributed by atoms with Crippen LogP contribution in [0.5, 0.6) is 0 Å². The van der Waals surface area contributed by atoms with Gasteiger partial charge in [-0.1, -0.05) is 39.8 Å². The van der Waals surface area contributed by atoms with Crippen molar-refractivity contribution >= 4 is 11.8 Å². The maximum atomic E-state index is 3.50. The van der Waals surface area contributed by atoms with E-state index in [1.54, 1.807) is 0 Å². The van der Waals surface area contributed by atoms with Crippen LogP contribution in [0, 0.1) is 5.92 Å². The van der Waals surface area contributed by atoms with Crippen LogP contribution in [0.15, 0.2) is 29.2 Å². The van der Waals surface area contributed by atoms with Gasteiger partial charge in [0, 0.05) is 23.7 Å². The summed E-state index contributed by atoms with van der Waals surface area (Å²) in [4.78, 5) is 3.86. The SMILES string of the molecule is CCN(CC)CCSc1cccc(CNCC(C)C)c1. The molecule has 2 nitrogen and oxygen atoms in total. The minimum absolute atomic E-state index is 0.710. The number of rotatable bonds is 10. The number of benzene rings is 1. The Kier molecular flexibility index (Phi) is 8.99. The summed E-state index contributed by atoms with van der Waals surface area (Å²) in [5, 5.41) is 3.50. The van der Waals surface area contributed by atoms with Gasteiger partial charge in [0.15, 0.2) is 0 Å². The highest BCUT2D eigenvalue weighted by atomic mass is 32.2. The monoisotopic (exact) mass is 294 g/mol. The van der Waals surface area contributed by atoms with Gasteiger partial charge in [-0.3, -0.25) is 0 Å². The molecule has 0 saturated carbocycles. The lowest BCUT2D eigenvalue weighted by molar-refractivity contribution is 0.324. The van der Waals surface area contributed by atoms with Crippen molar-refractivity contribution < 1.29 is 0 Å². The molecule has 0 atom stereocenters. The molecule has 0 aliphatic carbocycles. The van der Waals surface area contributed by atoms with Gasteiger partial charge >= 0.3 is 0 Å². The maximum absolute atomic E-state index is 3.50. The van der Waals surface area contributed by atoms with Crippen LogP contribution in [0.4, 0.5) is 0 Å². The molecular weight excluding hydrogens is 264 g/mol. The summed E-state index contributed by atoms with van der Waals surface area (Å²) in [6.07, 6.45) is 0. The topological polar surface area (TPSA) is 15.3 Å². The lowest BCUT2D eigenvalue weighted by Gasteiger charge is -2.17. The third kappa shape index (κ3) is 7.32. The van der Waals surface area contributed by atoms with Gasteiger partial charge in [0.1, 0.15) is 0 Å². The third-order valence-corrected chi connectivity index (χ3v) is 4.32. The van der Waals surface area contributed by atoms with Gasteiger partial charge in [0.05, 0.1) is 0 Å². The highest BCUT2D eigenvalue weighted by molar-refractivity contribution is 7.99. The van der Waals surface area contributed by atoms with Crippen molar-refractivity contribution in [3.8, 4) is 0 Å². The van der Waals surface area contributed by atoms with Crippen LogP contribution in [0.3, 0.4) is 0 Å². The first kappa shape index (κ1) is 17.5. The van der Waals surface area contributed by atoms with E-state index >= 15 is 0 Å². The predicted octanol–water partition coefficient (Wildman–Crippen LogP) is 3.87. The predicted molar refractivity (Wildman–Crippen MR) is 91.5 cm³/mol. The second kappa shape index (κ2) is 10.3. The molecule has 0 amide bonds. The molecule has 1 rings (SSSR count). The quantitative estimate of drug-likeness (QED) is 0.660.